The van der Waals surface area contributed by atoms with Gasteiger partial charge in [0.2, 0.25) is 0 Å². The van der Waals surface area contributed by atoms with Crippen molar-refractivity contribution >= 4 is 47.2 Å². The number of urea groups is 1. The summed E-state index contributed by atoms with van der Waals surface area (Å²) in [6, 6.07) is 8.20. The van der Waals surface area contributed by atoms with Gasteiger partial charge in [-0.25, -0.2) is 14.5 Å². The fourth-order valence-corrected chi connectivity index (χ4v) is 3.30. The first-order valence-corrected chi connectivity index (χ1v) is 9.96. The Kier molecular flexibility index (Phi) is 7.14. The second kappa shape index (κ2) is 10.0. The van der Waals surface area contributed by atoms with E-state index in [2.05, 4.69) is 11.9 Å². The van der Waals surface area contributed by atoms with Gasteiger partial charge in [-0.1, -0.05) is 17.7 Å². The van der Waals surface area contributed by atoms with Gasteiger partial charge in [-0.15, -0.1) is 6.58 Å². The highest BCUT2D eigenvalue weighted by atomic mass is 35.5. The standard InChI is InChI=1S/C23H19ClN2O7/c1-3-4-14-9-13(11-18(32-2)20(14)33-12-19(27)28)10-17-21(29)25-23(31)26(22(17)30)16-7-5-15(24)6-8-16/h3,5-11H,1,4,12H2,2H3,(H,27,28)(H,25,29,31)/b17-10+. The number of hydrogen-bond acceptors (Lipinski definition) is 6. The lowest BCUT2D eigenvalue weighted by atomic mass is 10.0. The average Bonchev–Trinajstić information content (AvgIpc) is 2.76. The third-order valence-electron chi connectivity index (χ3n) is 4.58. The van der Waals surface area contributed by atoms with Crippen LogP contribution in [0.2, 0.25) is 5.02 Å². The number of amides is 4. The molecule has 1 fully saturated rings. The minimum Gasteiger partial charge on any atom is -0.493 e. The maximum absolute atomic E-state index is 13.1. The third kappa shape index (κ3) is 5.21. The Bertz CT molecular complexity index is 1170. The van der Waals surface area contributed by atoms with Gasteiger partial charge in [0.05, 0.1) is 12.8 Å². The molecule has 1 saturated heterocycles. The molecule has 0 unspecified atom stereocenters. The fourth-order valence-electron chi connectivity index (χ4n) is 3.17. The van der Waals surface area contributed by atoms with Crippen molar-refractivity contribution in [2.24, 2.45) is 0 Å². The summed E-state index contributed by atoms with van der Waals surface area (Å²) in [7, 11) is 1.37. The summed E-state index contributed by atoms with van der Waals surface area (Å²) in [6.07, 6.45) is 3.19. The molecule has 1 aliphatic rings. The lowest BCUT2D eigenvalue weighted by Crippen LogP contribution is -2.54. The molecule has 2 N–H and O–H groups in total. The number of methoxy groups -OCH3 is 1. The summed E-state index contributed by atoms with van der Waals surface area (Å²) >= 11 is 5.87. The zero-order valence-electron chi connectivity index (χ0n) is 17.5. The zero-order chi connectivity index (χ0) is 24.1. The molecule has 9 nitrogen and oxygen atoms in total. The number of barbiturate groups is 1. The minimum atomic E-state index is -1.16. The van der Waals surface area contributed by atoms with Crippen LogP contribution in [-0.2, 0) is 20.8 Å². The lowest BCUT2D eigenvalue weighted by Gasteiger charge is -2.26. The van der Waals surface area contributed by atoms with Crippen LogP contribution >= 0.6 is 11.6 Å². The number of carboxylic acids is 1. The van der Waals surface area contributed by atoms with E-state index in [9.17, 15) is 19.2 Å². The number of hydrogen-bond donors (Lipinski definition) is 2. The molecule has 2 aromatic rings. The number of allylic oxidation sites excluding steroid dienone is 1. The molecule has 1 aliphatic heterocycles. The van der Waals surface area contributed by atoms with Crippen LogP contribution in [0.3, 0.4) is 0 Å². The van der Waals surface area contributed by atoms with Crippen molar-refractivity contribution in [1.82, 2.24) is 5.32 Å². The SMILES string of the molecule is C=CCc1cc(/C=C2\C(=O)NC(=O)N(c3ccc(Cl)cc3)C2=O)cc(OC)c1OCC(=O)O. The van der Waals surface area contributed by atoms with Crippen molar-refractivity contribution < 1.29 is 33.8 Å². The van der Waals surface area contributed by atoms with Crippen LogP contribution in [0.15, 0.2) is 54.6 Å². The lowest BCUT2D eigenvalue weighted by molar-refractivity contribution is -0.139. The molecule has 2 aromatic carbocycles. The highest BCUT2D eigenvalue weighted by molar-refractivity contribution is 6.39. The van der Waals surface area contributed by atoms with Crippen molar-refractivity contribution in [3.05, 3.63) is 70.8 Å². The van der Waals surface area contributed by atoms with Gasteiger partial charge in [-0.05, 0) is 54.5 Å². The summed E-state index contributed by atoms with van der Waals surface area (Å²) in [5.74, 6) is -2.42. The Hall–Kier alpha value is -4.11. The van der Waals surface area contributed by atoms with Gasteiger partial charge < -0.3 is 14.6 Å². The fraction of sp³-hybridized carbons (Fsp3) is 0.130. The first kappa shape index (κ1) is 23.6. The van der Waals surface area contributed by atoms with E-state index in [1.807, 2.05) is 0 Å². The van der Waals surface area contributed by atoms with E-state index in [1.54, 1.807) is 12.1 Å². The van der Waals surface area contributed by atoms with Gasteiger partial charge >= 0.3 is 12.0 Å². The molecule has 0 atom stereocenters. The van der Waals surface area contributed by atoms with Crippen LogP contribution in [0.4, 0.5) is 10.5 Å². The van der Waals surface area contributed by atoms with Crippen LogP contribution in [0.1, 0.15) is 11.1 Å². The van der Waals surface area contributed by atoms with Gasteiger partial charge in [0.15, 0.2) is 18.1 Å². The van der Waals surface area contributed by atoms with E-state index in [-0.39, 0.29) is 22.8 Å². The van der Waals surface area contributed by atoms with Crippen LogP contribution in [0.5, 0.6) is 11.5 Å². The predicted octanol–water partition coefficient (Wildman–Crippen LogP) is 3.21. The number of anilines is 1. The second-order valence-corrected chi connectivity index (χ2v) is 7.26. The van der Waals surface area contributed by atoms with E-state index in [1.165, 1.54) is 43.5 Å². The van der Waals surface area contributed by atoms with Crippen molar-refractivity contribution in [3.8, 4) is 11.5 Å². The number of aliphatic carboxylic acids is 1. The third-order valence-corrected chi connectivity index (χ3v) is 4.83. The number of benzene rings is 2. The molecule has 10 heteroatoms. The van der Waals surface area contributed by atoms with Crippen LogP contribution in [-0.4, -0.2) is 42.6 Å². The first-order valence-electron chi connectivity index (χ1n) is 9.58. The molecular weight excluding hydrogens is 452 g/mol. The second-order valence-electron chi connectivity index (χ2n) is 6.82. The molecule has 0 spiro atoms. The molecule has 0 saturated carbocycles. The van der Waals surface area contributed by atoms with Gasteiger partial charge in [0, 0.05) is 10.6 Å². The summed E-state index contributed by atoms with van der Waals surface area (Å²) in [5, 5.41) is 11.5. The highest BCUT2D eigenvalue weighted by Gasteiger charge is 2.36. The van der Waals surface area contributed by atoms with Crippen LogP contribution in [0, 0.1) is 0 Å². The van der Waals surface area contributed by atoms with Gasteiger partial charge in [0.1, 0.15) is 5.57 Å². The Labute approximate surface area is 193 Å². The number of ether oxygens (including phenoxy) is 2. The van der Waals surface area contributed by atoms with Gasteiger partial charge in [0.25, 0.3) is 11.8 Å². The van der Waals surface area contributed by atoms with Crippen molar-refractivity contribution in [2.75, 3.05) is 18.6 Å². The molecule has 1 heterocycles. The summed E-state index contributed by atoms with van der Waals surface area (Å²) < 4.78 is 10.7. The van der Waals surface area contributed by atoms with E-state index < -0.39 is 30.4 Å². The first-order chi connectivity index (χ1) is 15.7. The molecule has 170 valence electrons. The highest BCUT2D eigenvalue weighted by Crippen LogP contribution is 2.35. The largest absolute Gasteiger partial charge is 0.493 e. The number of nitrogens with one attached hydrogen (secondary N) is 1. The molecular formula is C23H19ClN2O7. The monoisotopic (exact) mass is 470 g/mol. The number of carboxylic acid groups (broad SMARTS) is 1. The predicted molar refractivity (Wildman–Crippen MR) is 120 cm³/mol. The zero-order valence-corrected chi connectivity index (χ0v) is 18.2. The number of carbonyl (C=O) groups excluding carboxylic acids is 3. The Morgan fingerprint density at radius 3 is 2.52 bits per heavy atom. The number of carbonyl (C=O) groups is 4. The van der Waals surface area contributed by atoms with E-state index in [0.29, 0.717) is 22.6 Å². The smallest absolute Gasteiger partial charge is 0.341 e. The Morgan fingerprint density at radius 2 is 1.91 bits per heavy atom. The molecule has 3 rings (SSSR count). The number of rotatable bonds is 8. The summed E-state index contributed by atoms with van der Waals surface area (Å²) in [4.78, 5) is 49.6. The van der Waals surface area contributed by atoms with E-state index >= 15 is 0 Å². The van der Waals surface area contributed by atoms with Crippen molar-refractivity contribution in [1.29, 1.82) is 0 Å². The average molecular weight is 471 g/mol. The number of halogens is 1. The molecule has 0 bridgehead atoms. The topological polar surface area (TPSA) is 122 Å². The van der Waals surface area contributed by atoms with Gasteiger partial charge in [-0.2, -0.15) is 0 Å². The maximum Gasteiger partial charge on any atom is 0.341 e. The van der Waals surface area contributed by atoms with Crippen molar-refractivity contribution in [2.45, 2.75) is 6.42 Å². The minimum absolute atomic E-state index is 0.205. The van der Waals surface area contributed by atoms with Crippen molar-refractivity contribution in [3.63, 3.8) is 0 Å². The van der Waals surface area contributed by atoms with Crippen LogP contribution < -0.4 is 19.7 Å². The molecule has 0 aliphatic carbocycles. The Morgan fingerprint density at radius 1 is 1.21 bits per heavy atom. The number of imide groups is 2. The molecule has 33 heavy (non-hydrogen) atoms. The quantitative estimate of drug-likeness (QED) is 0.345. The summed E-state index contributed by atoms with van der Waals surface area (Å²) in [5.41, 5.74) is 0.889. The van der Waals surface area contributed by atoms with E-state index in [0.717, 1.165) is 4.90 Å². The Balaban J connectivity index is 2.04. The number of nitrogens with zero attached hydrogens (tertiary/aromatic N) is 1. The normalized spacial score (nSPS) is 14.8. The van der Waals surface area contributed by atoms with E-state index in [4.69, 9.17) is 26.2 Å². The molecule has 4 amide bonds. The molecule has 0 radical (unpaired) electrons. The summed E-state index contributed by atoms with van der Waals surface area (Å²) in [6.45, 7) is 3.09. The maximum atomic E-state index is 13.1. The molecule has 0 aromatic heterocycles. The van der Waals surface area contributed by atoms with Crippen LogP contribution in [0.25, 0.3) is 6.08 Å². The van der Waals surface area contributed by atoms with Gasteiger partial charge in [-0.3, -0.25) is 14.9 Å².